The quantitative estimate of drug-likeness (QED) is 0.758. The molecular weight excluding hydrogens is 287 g/mol. The fourth-order valence-corrected chi connectivity index (χ4v) is 2.67. The maximum Gasteiger partial charge on any atom is 0.316 e. The molecule has 1 aromatic rings. The van der Waals surface area contributed by atoms with E-state index in [1.54, 1.807) is 19.2 Å². The molecule has 1 aliphatic rings. The van der Waals surface area contributed by atoms with Crippen LogP contribution in [-0.2, 0) is 24.4 Å². The zero-order chi connectivity index (χ0) is 16.0. The predicted molar refractivity (Wildman–Crippen MR) is 80.2 cm³/mol. The Kier molecular flexibility index (Phi) is 5.91. The maximum atomic E-state index is 13.2. The molecule has 0 bridgehead atoms. The molecule has 2 rings (SSSR count). The minimum Gasteiger partial charge on any atom is -0.465 e. The topological polar surface area (TPSA) is 44.8 Å². The van der Waals surface area contributed by atoms with E-state index in [4.69, 9.17) is 14.2 Å². The van der Waals surface area contributed by atoms with Crippen molar-refractivity contribution in [1.29, 1.82) is 0 Å². The zero-order valence-electron chi connectivity index (χ0n) is 13.1. The molecule has 4 nitrogen and oxygen atoms in total. The maximum absolute atomic E-state index is 13.2. The summed E-state index contributed by atoms with van der Waals surface area (Å²) in [5.74, 6) is -0.570. The second-order valence-corrected chi connectivity index (χ2v) is 5.67. The molecule has 22 heavy (non-hydrogen) atoms. The third-order valence-electron chi connectivity index (χ3n) is 4.29. The number of hydrogen-bond donors (Lipinski definition) is 0. The van der Waals surface area contributed by atoms with Crippen LogP contribution in [-0.4, -0.2) is 39.0 Å². The van der Waals surface area contributed by atoms with Crippen molar-refractivity contribution in [1.82, 2.24) is 0 Å². The Balaban J connectivity index is 2.11. The number of halogens is 1. The molecule has 0 N–H and O–H groups in total. The Bertz CT molecular complexity index is 480. The van der Waals surface area contributed by atoms with Gasteiger partial charge in [-0.05, 0) is 37.5 Å². The minimum atomic E-state index is -0.734. The number of benzene rings is 1. The monoisotopic (exact) mass is 310 g/mol. The molecule has 122 valence electrons. The summed E-state index contributed by atoms with van der Waals surface area (Å²) in [5.41, 5.74) is 0.0596. The largest absolute Gasteiger partial charge is 0.465 e. The second-order valence-electron chi connectivity index (χ2n) is 5.67. The summed E-state index contributed by atoms with van der Waals surface area (Å²) >= 11 is 0. The van der Waals surface area contributed by atoms with Crippen LogP contribution < -0.4 is 0 Å². The Labute approximate surface area is 130 Å². The molecule has 1 aliphatic heterocycles. The van der Waals surface area contributed by atoms with Crippen molar-refractivity contribution < 1.29 is 23.4 Å². The summed E-state index contributed by atoms with van der Waals surface area (Å²) in [5, 5.41) is 0. The predicted octanol–water partition coefficient (Wildman–Crippen LogP) is 2.84. The number of rotatable bonds is 6. The van der Waals surface area contributed by atoms with Crippen molar-refractivity contribution in [2.75, 3.05) is 26.9 Å². The van der Waals surface area contributed by atoms with E-state index in [0.29, 0.717) is 39.1 Å². The summed E-state index contributed by atoms with van der Waals surface area (Å²) in [6.07, 6.45) is 1.80. The molecule has 0 amide bonds. The highest BCUT2D eigenvalue weighted by molar-refractivity contribution is 5.83. The molecule has 1 saturated heterocycles. The van der Waals surface area contributed by atoms with E-state index in [1.165, 1.54) is 12.1 Å². The van der Waals surface area contributed by atoms with Crippen molar-refractivity contribution in [3.05, 3.63) is 35.6 Å². The van der Waals surface area contributed by atoms with E-state index in [0.717, 1.165) is 5.56 Å². The van der Waals surface area contributed by atoms with Crippen LogP contribution in [0.3, 0.4) is 0 Å². The third-order valence-corrected chi connectivity index (χ3v) is 4.29. The number of hydrogen-bond acceptors (Lipinski definition) is 4. The zero-order valence-corrected chi connectivity index (χ0v) is 13.1. The average Bonchev–Trinajstić information content (AvgIpc) is 2.55. The van der Waals surface area contributed by atoms with Crippen LogP contribution in [0.2, 0.25) is 0 Å². The Hall–Kier alpha value is -1.46. The standard InChI is InChI=1S/C17H23FO4/c1-13(20-2)7-10-22-16(19)17(8-11-21-12-9-17)14-3-5-15(18)6-4-14/h3-6,13H,7-12H2,1-2H3. The van der Waals surface area contributed by atoms with E-state index in [-0.39, 0.29) is 17.9 Å². The highest BCUT2D eigenvalue weighted by Crippen LogP contribution is 2.36. The van der Waals surface area contributed by atoms with Gasteiger partial charge < -0.3 is 14.2 Å². The van der Waals surface area contributed by atoms with E-state index in [9.17, 15) is 9.18 Å². The Morgan fingerprint density at radius 1 is 1.32 bits per heavy atom. The SMILES string of the molecule is COC(C)CCOC(=O)C1(c2ccc(F)cc2)CCOCC1. The van der Waals surface area contributed by atoms with Gasteiger partial charge in [-0.25, -0.2) is 4.39 Å². The lowest BCUT2D eigenvalue weighted by molar-refractivity contribution is -0.155. The first-order valence-electron chi connectivity index (χ1n) is 7.62. The van der Waals surface area contributed by atoms with Crippen LogP contribution in [0, 0.1) is 5.82 Å². The highest BCUT2D eigenvalue weighted by Gasteiger charge is 2.43. The summed E-state index contributed by atoms with van der Waals surface area (Å²) in [6, 6.07) is 6.10. The minimum absolute atomic E-state index is 0.0456. The van der Waals surface area contributed by atoms with Gasteiger partial charge in [-0.2, -0.15) is 0 Å². The molecule has 1 fully saturated rings. The molecule has 0 spiro atoms. The first-order chi connectivity index (χ1) is 10.6. The van der Waals surface area contributed by atoms with Crippen LogP contribution >= 0.6 is 0 Å². The number of ether oxygens (including phenoxy) is 3. The fraction of sp³-hybridized carbons (Fsp3) is 0.588. The normalized spacial score (nSPS) is 18.7. The van der Waals surface area contributed by atoms with Gasteiger partial charge in [-0.1, -0.05) is 12.1 Å². The van der Waals surface area contributed by atoms with Crippen LogP contribution in [0.4, 0.5) is 4.39 Å². The molecule has 1 unspecified atom stereocenters. The lowest BCUT2D eigenvalue weighted by atomic mass is 9.74. The van der Waals surface area contributed by atoms with Gasteiger partial charge >= 0.3 is 5.97 Å². The van der Waals surface area contributed by atoms with E-state index in [2.05, 4.69) is 0 Å². The molecule has 1 heterocycles. The van der Waals surface area contributed by atoms with Crippen molar-refractivity contribution in [2.24, 2.45) is 0 Å². The molecular formula is C17H23FO4. The first kappa shape index (κ1) is 16.9. The van der Waals surface area contributed by atoms with Crippen LogP contribution in [0.1, 0.15) is 31.7 Å². The van der Waals surface area contributed by atoms with Gasteiger partial charge in [0, 0.05) is 26.7 Å². The van der Waals surface area contributed by atoms with E-state index < -0.39 is 5.41 Å². The summed E-state index contributed by atoms with van der Waals surface area (Å²) in [4.78, 5) is 12.7. The number of carbonyl (C=O) groups excluding carboxylic acids is 1. The van der Waals surface area contributed by atoms with Crippen molar-refractivity contribution in [3.8, 4) is 0 Å². The second kappa shape index (κ2) is 7.70. The number of esters is 1. The molecule has 1 aromatic carbocycles. The Morgan fingerprint density at radius 2 is 1.95 bits per heavy atom. The van der Waals surface area contributed by atoms with Gasteiger partial charge in [0.15, 0.2) is 0 Å². The van der Waals surface area contributed by atoms with E-state index >= 15 is 0 Å². The van der Waals surface area contributed by atoms with Gasteiger partial charge in [-0.3, -0.25) is 4.79 Å². The smallest absolute Gasteiger partial charge is 0.316 e. The van der Waals surface area contributed by atoms with Gasteiger partial charge in [0.2, 0.25) is 0 Å². The summed E-state index contributed by atoms with van der Waals surface area (Å²) in [6.45, 7) is 3.25. The molecule has 0 saturated carbocycles. The van der Waals surface area contributed by atoms with E-state index in [1.807, 2.05) is 6.92 Å². The number of methoxy groups -OCH3 is 1. The molecule has 5 heteroatoms. The molecule has 0 aromatic heterocycles. The van der Waals surface area contributed by atoms with Crippen molar-refractivity contribution in [2.45, 2.75) is 37.7 Å². The first-order valence-corrected chi connectivity index (χ1v) is 7.62. The van der Waals surface area contributed by atoms with Crippen LogP contribution in [0.15, 0.2) is 24.3 Å². The lowest BCUT2D eigenvalue weighted by Crippen LogP contribution is -2.42. The van der Waals surface area contributed by atoms with Crippen molar-refractivity contribution >= 4 is 5.97 Å². The van der Waals surface area contributed by atoms with Crippen molar-refractivity contribution in [3.63, 3.8) is 0 Å². The molecule has 0 aliphatic carbocycles. The molecule has 1 atom stereocenters. The summed E-state index contributed by atoms with van der Waals surface area (Å²) < 4.78 is 29.2. The summed E-state index contributed by atoms with van der Waals surface area (Å²) in [7, 11) is 1.63. The fourth-order valence-electron chi connectivity index (χ4n) is 2.67. The average molecular weight is 310 g/mol. The van der Waals surface area contributed by atoms with Gasteiger partial charge in [0.25, 0.3) is 0 Å². The van der Waals surface area contributed by atoms with Gasteiger partial charge in [0.05, 0.1) is 18.1 Å². The van der Waals surface area contributed by atoms with Crippen LogP contribution in [0.25, 0.3) is 0 Å². The molecule has 0 radical (unpaired) electrons. The lowest BCUT2D eigenvalue weighted by Gasteiger charge is -2.35. The Morgan fingerprint density at radius 3 is 2.55 bits per heavy atom. The van der Waals surface area contributed by atoms with Gasteiger partial charge in [-0.15, -0.1) is 0 Å². The van der Waals surface area contributed by atoms with Gasteiger partial charge in [0.1, 0.15) is 5.82 Å². The van der Waals surface area contributed by atoms with Crippen LogP contribution in [0.5, 0.6) is 0 Å². The highest BCUT2D eigenvalue weighted by atomic mass is 19.1. The third kappa shape index (κ3) is 3.84. The number of carbonyl (C=O) groups is 1.